The summed E-state index contributed by atoms with van der Waals surface area (Å²) < 4.78 is 27.4. The molecule has 1 unspecified atom stereocenters. The van der Waals surface area contributed by atoms with Gasteiger partial charge >= 0.3 is 0 Å². The molecule has 1 aromatic heterocycles. The lowest BCUT2D eigenvalue weighted by Gasteiger charge is -2.26. The van der Waals surface area contributed by atoms with E-state index in [1.807, 2.05) is 13.8 Å². The molecule has 0 saturated carbocycles. The summed E-state index contributed by atoms with van der Waals surface area (Å²) in [6.45, 7) is 7.02. The monoisotopic (exact) mass is 304 g/mol. The van der Waals surface area contributed by atoms with Crippen molar-refractivity contribution in [1.82, 2.24) is 4.31 Å². The van der Waals surface area contributed by atoms with Gasteiger partial charge in [-0.1, -0.05) is 20.3 Å². The summed E-state index contributed by atoms with van der Waals surface area (Å²) in [4.78, 5) is 0.901. The fraction of sp³-hybridized carbons (Fsp3) is 0.692. The number of nitrogens with two attached hydrogens (primary N) is 1. The van der Waals surface area contributed by atoms with E-state index in [4.69, 9.17) is 5.73 Å². The number of sulfonamides is 1. The summed E-state index contributed by atoms with van der Waals surface area (Å²) in [7, 11) is -3.38. The Bertz CT molecular complexity index is 483. The molecule has 0 radical (unpaired) electrons. The van der Waals surface area contributed by atoms with Gasteiger partial charge in [-0.2, -0.15) is 4.31 Å². The van der Waals surface area contributed by atoms with Gasteiger partial charge in [-0.15, -0.1) is 11.3 Å². The molecule has 2 N–H and O–H groups in total. The van der Waals surface area contributed by atoms with Crippen molar-refractivity contribution in [2.24, 2.45) is 5.73 Å². The molecule has 6 heteroatoms. The Morgan fingerprint density at radius 2 is 2.05 bits per heavy atom. The lowest BCUT2D eigenvalue weighted by Crippen LogP contribution is -2.38. The van der Waals surface area contributed by atoms with Crippen LogP contribution in [0.5, 0.6) is 0 Å². The van der Waals surface area contributed by atoms with Crippen molar-refractivity contribution in [2.45, 2.75) is 56.8 Å². The van der Waals surface area contributed by atoms with E-state index >= 15 is 0 Å². The third-order valence-corrected chi connectivity index (χ3v) is 6.80. The molecule has 1 aromatic rings. The highest BCUT2D eigenvalue weighted by Crippen LogP contribution is 2.27. The molecule has 0 aliphatic rings. The van der Waals surface area contributed by atoms with Crippen molar-refractivity contribution >= 4 is 21.4 Å². The maximum atomic E-state index is 12.7. The van der Waals surface area contributed by atoms with Gasteiger partial charge in [0.15, 0.2) is 0 Å². The molecule has 4 nitrogen and oxygen atoms in total. The fourth-order valence-electron chi connectivity index (χ4n) is 1.82. The zero-order valence-corrected chi connectivity index (χ0v) is 13.6. The Morgan fingerprint density at radius 3 is 2.53 bits per heavy atom. The van der Waals surface area contributed by atoms with Crippen LogP contribution in [0.25, 0.3) is 0 Å². The van der Waals surface area contributed by atoms with Crippen molar-refractivity contribution in [2.75, 3.05) is 6.54 Å². The predicted octanol–water partition coefficient (Wildman–Crippen LogP) is 2.80. The van der Waals surface area contributed by atoms with Gasteiger partial charge in [-0.25, -0.2) is 8.42 Å². The molecular formula is C13H24N2O2S2. The number of nitrogens with zero attached hydrogens (tertiary/aromatic N) is 1. The van der Waals surface area contributed by atoms with Crippen LogP contribution < -0.4 is 5.73 Å². The first kappa shape index (κ1) is 16.6. The molecular weight excluding hydrogens is 280 g/mol. The summed E-state index contributed by atoms with van der Waals surface area (Å²) >= 11 is 1.27. The molecule has 0 bridgehead atoms. The van der Waals surface area contributed by atoms with E-state index < -0.39 is 10.0 Å². The minimum absolute atomic E-state index is 0.0278. The first-order valence-electron chi connectivity index (χ1n) is 6.78. The van der Waals surface area contributed by atoms with Crippen LogP contribution in [0.1, 0.15) is 44.9 Å². The maximum Gasteiger partial charge on any atom is 0.252 e. The molecule has 0 fully saturated rings. The third kappa shape index (κ3) is 4.02. The minimum atomic E-state index is -3.38. The summed E-state index contributed by atoms with van der Waals surface area (Å²) in [5, 5.41) is 0. The molecule has 1 rings (SSSR count). The molecule has 0 aromatic carbocycles. The van der Waals surface area contributed by atoms with Crippen molar-refractivity contribution in [3.63, 3.8) is 0 Å². The highest BCUT2D eigenvalue weighted by Gasteiger charge is 2.28. The molecule has 1 heterocycles. The van der Waals surface area contributed by atoms with Crippen molar-refractivity contribution in [1.29, 1.82) is 0 Å². The molecule has 110 valence electrons. The van der Waals surface area contributed by atoms with Crippen LogP contribution in [-0.2, 0) is 16.6 Å². The van der Waals surface area contributed by atoms with Gasteiger partial charge in [0.05, 0.1) is 0 Å². The van der Waals surface area contributed by atoms with Gasteiger partial charge in [0.25, 0.3) is 10.0 Å². The summed E-state index contributed by atoms with van der Waals surface area (Å²) in [5.41, 5.74) is 5.55. The number of hydrogen-bond acceptors (Lipinski definition) is 4. The SMILES string of the molecule is CCCCN(C(C)CC)S(=O)(=O)c1ccc(CN)s1. The minimum Gasteiger partial charge on any atom is -0.326 e. The standard InChI is InChI=1S/C13H24N2O2S2/c1-4-6-9-15(11(3)5-2)19(16,17)13-8-7-12(10-14)18-13/h7-8,11H,4-6,9-10,14H2,1-3H3. The van der Waals surface area contributed by atoms with Crippen LogP contribution >= 0.6 is 11.3 Å². The fourth-order valence-corrected chi connectivity index (χ4v) is 4.92. The molecule has 0 amide bonds. The Balaban J connectivity index is 3.04. The molecule has 0 saturated heterocycles. The number of hydrogen-bond donors (Lipinski definition) is 1. The van der Waals surface area contributed by atoms with Crippen LogP contribution in [0.2, 0.25) is 0 Å². The zero-order valence-electron chi connectivity index (χ0n) is 11.9. The quantitative estimate of drug-likeness (QED) is 0.803. The summed E-state index contributed by atoms with van der Waals surface area (Å²) in [6.07, 6.45) is 2.69. The summed E-state index contributed by atoms with van der Waals surface area (Å²) in [5.74, 6) is 0. The summed E-state index contributed by atoms with van der Waals surface area (Å²) in [6, 6.07) is 3.50. The topological polar surface area (TPSA) is 63.4 Å². The average Bonchev–Trinajstić information content (AvgIpc) is 2.88. The second-order valence-electron chi connectivity index (χ2n) is 4.65. The van der Waals surface area contributed by atoms with Crippen molar-refractivity contribution < 1.29 is 8.42 Å². The predicted molar refractivity (Wildman–Crippen MR) is 80.8 cm³/mol. The first-order valence-corrected chi connectivity index (χ1v) is 9.03. The zero-order chi connectivity index (χ0) is 14.5. The van der Waals surface area contributed by atoms with Crippen LogP contribution in [0.4, 0.5) is 0 Å². The highest BCUT2D eigenvalue weighted by atomic mass is 32.2. The van der Waals surface area contributed by atoms with Gasteiger partial charge in [0, 0.05) is 24.0 Å². The van der Waals surface area contributed by atoms with Gasteiger partial charge in [-0.05, 0) is 31.9 Å². The number of unbranched alkanes of at least 4 members (excludes halogenated alkanes) is 1. The van der Waals surface area contributed by atoms with Crippen LogP contribution in [-0.4, -0.2) is 25.3 Å². The Kier molecular flexibility index (Phi) is 6.46. The molecule has 0 aliphatic carbocycles. The van der Waals surface area contributed by atoms with Gasteiger partial charge in [0.2, 0.25) is 0 Å². The van der Waals surface area contributed by atoms with E-state index in [1.165, 1.54) is 11.3 Å². The average molecular weight is 304 g/mol. The van der Waals surface area contributed by atoms with Crippen molar-refractivity contribution in [3.8, 4) is 0 Å². The van der Waals surface area contributed by atoms with E-state index in [9.17, 15) is 8.42 Å². The van der Waals surface area contributed by atoms with E-state index in [-0.39, 0.29) is 6.04 Å². The molecule has 0 spiro atoms. The van der Waals surface area contributed by atoms with Gasteiger partial charge in [-0.3, -0.25) is 0 Å². The molecule has 19 heavy (non-hydrogen) atoms. The number of rotatable bonds is 8. The lowest BCUT2D eigenvalue weighted by atomic mass is 10.2. The lowest BCUT2D eigenvalue weighted by molar-refractivity contribution is 0.325. The smallest absolute Gasteiger partial charge is 0.252 e. The highest BCUT2D eigenvalue weighted by molar-refractivity contribution is 7.91. The van der Waals surface area contributed by atoms with Gasteiger partial charge in [0.1, 0.15) is 4.21 Å². The third-order valence-electron chi connectivity index (χ3n) is 3.22. The largest absolute Gasteiger partial charge is 0.326 e. The second kappa shape index (κ2) is 7.38. The Hall–Kier alpha value is -0.430. The Morgan fingerprint density at radius 1 is 1.37 bits per heavy atom. The van der Waals surface area contributed by atoms with E-state index in [2.05, 4.69) is 6.92 Å². The van der Waals surface area contributed by atoms with E-state index in [1.54, 1.807) is 16.4 Å². The number of thiophene rings is 1. The molecule has 1 atom stereocenters. The van der Waals surface area contributed by atoms with Crippen LogP contribution in [0.3, 0.4) is 0 Å². The van der Waals surface area contributed by atoms with E-state index in [0.717, 1.165) is 24.1 Å². The normalized spacial score (nSPS) is 13.9. The van der Waals surface area contributed by atoms with Crippen LogP contribution in [0, 0.1) is 0 Å². The van der Waals surface area contributed by atoms with Crippen LogP contribution in [0.15, 0.2) is 16.3 Å². The Labute approximate surface area is 120 Å². The maximum absolute atomic E-state index is 12.7. The molecule has 0 aliphatic heterocycles. The first-order chi connectivity index (χ1) is 8.97. The van der Waals surface area contributed by atoms with E-state index in [0.29, 0.717) is 17.3 Å². The second-order valence-corrected chi connectivity index (χ2v) is 7.94. The van der Waals surface area contributed by atoms with Crippen molar-refractivity contribution in [3.05, 3.63) is 17.0 Å². The van der Waals surface area contributed by atoms with Gasteiger partial charge < -0.3 is 5.73 Å².